The lowest BCUT2D eigenvalue weighted by atomic mass is 10.0. The third-order valence-electron chi connectivity index (χ3n) is 1.69. The molecule has 1 heteroatoms. The van der Waals surface area contributed by atoms with Crippen molar-refractivity contribution in [1.82, 2.24) is 0 Å². The van der Waals surface area contributed by atoms with Gasteiger partial charge in [0.05, 0.1) is 0 Å². The molecule has 0 amide bonds. The molecule has 0 aromatic rings. The topological polar surface area (TPSA) is 12.4 Å². The van der Waals surface area contributed by atoms with Gasteiger partial charge in [0, 0.05) is 12.8 Å². The van der Waals surface area contributed by atoms with Crippen LogP contribution in [-0.2, 0) is 0 Å². The third-order valence-corrected chi connectivity index (χ3v) is 1.69. The van der Waals surface area contributed by atoms with Crippen molar-refractivity contribution in [3.63, 3.8) is 0 Å². The Morgan fingerprint density at radius 1 is 1.70 bits per heavy atom. The van der Waals surface area contributed by atoms with Gasteiger partial charge in [-0.25, -0.2) is 0 Å². The Morgan fingerprint density at radius 3 is 2.60 bits per heavy atom. The van der Waals surface area contributed by atoms with Crippen LogP contribution in [0.15, 0.2) is 17.6 Å². The minimum absolute atomic E-state index is 0.576. The fraction of sp³-hybridized carbons (Fsp3) is 0.667. The number of rotatable bonds is 4. The van der Waals surface area contributed by atoms with E-state index < -0.39 is 0 Å². The van der Waals surface area contributed by atoms with E-state index in [1.54, 1.807) is 0 Å². The molecule has 0 fully saturated rings. The van der Waals surface area contributed by atoms with Gasteiger partial charge in [0.2, 0.25) is 0 Å². The zero-order chi connectivity index (χ0) is 7.98. The molecule has 0 saturated carbocycles. The largest absolute Gasteiger partial charge is 0.293 e. The van der Waals surface area contributed by atoms with E-state index in [0.29, 0.717) is 5.92 Å². The number of allylic oxidation sites excluding steroid dienone is 1. The lowest BCUT2D eigenvalue weighted by Crippen LogP contribution is -2.07. The molecule has 0 aliphatic rings. The van der Waals surface area contributed by atoms with Crippen LogP contribution in [0.1, 0.15) is 26.7 Å². The Kier molecular flexibility index (Phi) is 4.91. The summed E-state index contributed by atoms with van der Waals surface area (Å²) >= 11 is 0. The molecule has 0 rings (SSSR count). The van der Waals surface area contributed by atoms with Gasteiger partial charge in [-0.15, -0.1) is 0 Å². The minimum Gasteiger partial charge on any atom is -0.293 e. The van der Waals surface area contributed by atoms with Crippen molar-refractivity contribution in [1.29, 1.82) is 0 Å². The summed E-state index contributed by atoms with van der Waals surface area (Å²) in [6.45, 7) is 8.08. The summed E-state index contributed by atoms with van der Waals surface area (Å²) in [6.07, 6.45) is 4.27. The molecule has 0 aromatic carbocycles. The molecule has 0 spiro atoms. The SMILES string of the molecule is C=CC(=NC)C(C)CCC. The van der Waals surface area contributed by atoms with E-state index in [1.165, 1.54) is 12.8 Å². The van der Waals surface area contributed by atoms with Crippen LogP contribution in [0.4, 0.5) is 0 Å². The molecule has 1 unspecified atom stereocenters. The first-order valence-electron chi connectivity index (χ1n) is 3.85. The van der Waals surface area contributed by atoms with E-state index in [0.717, 1.165) is 5.71 Å². The maximum absolute atomic E-state index is 4.12. The lowest BCUT2D eigenvalue weighted by Gasteiger charge is -2.08. The second-order valence-corrected chi connectivity index (χ2v) is 2.54. The zero-order valence-corrected chi connectivity index (χ0v) is 7.22. The van der Waals surface area contributed by atoms with E-state index in [-0.39, 0.29) is 0 Å². The molecule has 0 aliphatic carbocycles. The van der Waals surface area contributed by atoms with Gasteiger partial charge >= 0.3 is 0 Å². The van der Waals surface area contributed by atoms with Gasteiger partial charge in [0.25, 0.3) is 0 Å². The monoisotopic (exact) mass is 139 g/mol. The van der Waals surface area contributed by atoms with Gasteiger partial charge in [-0.2, -0.15) is 0 Å². The summed E-state index contributed by atoms with van der Waals surface area (Å²) in [5, 5.41) is 0. The molecule has 1 nitrogen and oxygen atoms in total. The summed E-state index contributed by atoms with van der Waals surface area (Å²) in [4.78, 5) is 4.12. The molecular formula is C9H17N. The average molecular weight is 139 g/mol. The fourth-order valence-corrected chi connectivity index (χ4v) is 1.09. The molecule has 1 atom stereocenters. The average Bonchev–Trinajstić information content (AvgIpc) is 1.91. The minimum atomic E-state index is 0.576. The Bertz CT molecular complexity index is 125. The van der Waals surface area contributed by atoms with E-state index >= 15 is 0 Å². The molecule has 0 aromatic heterocycles. The maximum atomic E-state index is 4.12. The maximum Gasteiger partial charge on any atom is 0.0367 e. The molecule has 0 bridgehead atoms. The number of hydrogen-bond donors (Lipinski definition) is 0. The standard InChI is InChI=1S/C9H17N/c1-5-7-8(3)9(6-2)10-4/h6,8H,2,5,7H2,1,3-4H3. The zero-order valence-electron chi connectivity index (χ0n) is 7.22. The molecule has 0 N–H and O–H groups in total. The van der Waals surface area contributed by atoms with E-state index in [2.05, 4.69) is 25.4 Å². The van der Waals surface area contributed by atoms with Crippen molar-refractivity contribution in [2.45, 2.75) is 26.7 Å². The highest BCUT2D eigenvalue weighted by Gasteiger charge is 2.03. The smallest absolute Gasteiger partial charge is 0.0367 e. The van der Waals surface area contributed by atoms with Crippen LogP contribution in [0, 0.1) is 5.92 Å². The van der Waals surface area contributed by atoms with Crippen molar-refractivity contribution < 1.29 is 0 Å². The predicted molar refractivity (Wildman–Crippen MR) is 47.6 cm³/mol. The van der Waals surface area contributed by atoms with Crippen molar-refractivity contribution in [2.24, 2.45) is 10.9 Å². The highest BCUT2D eigenvalue weighted by molar-refractivity contribution is 5.96. The van der Waals surface area contributed by atoms with Crippen molar-refractivity contribution in [3.8, 4) is 0 Å². The Balaban J connectivity index is 3.89. The van der Waals surface area contributed by atoms with Gasteiger partial charge in [-0.1, -0.05) is 26.8 Å². The second kappa shape index (κ2) is 5.21. The first kappa shape index (κ1) is 9.41. The van der Waals surface area contributed by atoms with E-state index in [4.69, 9.17) is 0 Å². The van der Waals surface area contributed by atoms with Crippen LogP contribution >= 0.6 is 0 Å². The third kappa shape index (κ3) is 2.81. The summed E-state index contributed by atoms with van der Waals surface area (Å²) < 4.78 is 0. The molecule has 0 aliphatic heterocycles. The van der Waals surface area contributed by atoms with Crippen LogP contribution in [-0.4, -0.2) is 12.8 Å². The van der Waals surface area contributed by atoms with Crippen LogP contribution < -0.4 is 0 Å². The fourth-order valence-electron chi connectivity index (χ4n) is 1.09. The number of nitrogens with zero attached hydrogens (tertiary/aromatic N) is 1. The molecule has 0 saturated heterocycles. The quantitative estimate of drug-likeness (QED) is 0.531. The van der Waals surface area contributed by atoms with Crippen molar-refractivity contribution in [3.05, 3.63) is 12.7 Å². The van der Waals surface area contributed by atoms with Gasteiger partial charge in [0.15, 0.2) is 0 Å². The highest BCUT2D eigenvalue weighted by atomic mass is 14.7. The van der Waals surface area contributed by atoms with Crippen LogP contribution in [0.2, 0.25) is 0 Å². The molecule has 58 valence electrons. The van der Waals surface area contributed by atoms with E-state index in [9.17, 15) is 0 Å². The van der Waals surface area contributed by atoms with Crippen LogP contribution in [0.5, 0.6) is 0 Å². The lowest BCUT2D eigenvalue weighted by molar-refractivity contribution is 0.668. The predicted octanol–water partition coefficient (Wildman–Crippen LogP) is 2.68. The Hall–Kier alpha value is -0.590. The van der Waals surface area contributed by atoms with Crippen LogP contribution in [0.3, 0.4) is 0 Å². The van der Waals surface area contributed by atoms with E-state index in [1.807, 2.05) is 13.1 Å². The van der Waals surface area contributed by atoms with Gasteiger partial charge in [-0.3, -0.25) is 4.99 Å². The second-order valence-electron chi connectivity index (χ2n) is 2.54. The van der Waals surface area contributed by atoms with Crippen LogP contribution in [0.25, 0.3) is 0 Å². The molecule has 10 heavy (non-hydrogen) atoms. The van der Waals surface area contributed by atoms with Crippen molar-refractivity contribution >= 4 is 5.71 Å². The highest BCUT2D eigenvalue weighted by Crippen LogP contribution is 2.07. The first-order valence-corrected chi connectivity index (χ1v) is 3.85. The molecule has 0 heterocycles. The molecular weight excluding hydrogens is 122 g/mol. The Morgan fingerprint density at radius 2 is 2.30 bits per heavy atom. The number of hydrogen-bond acceptors (Lipinski definition) is 1. The number of aliphatic imine (C=N–C) groups is 1. The summed E-state index contributed by atoms with van der Waals surface area (Å²) in [7, 11) is 1.82. The first-order chi connectivity index (χ1) is 4.76. The van der Waals surface area contributed by atoms with Crippen molar-refractivity contribution in [2.75, 3.05) is 7.05 Å². The Labute approximate surface area is 63.9 Å². The van der Waals surface area contributed by atoms with Gasteiger partial charge in [0.1, 0.15) is 0 Å². The summed E-state index contributed by atoms with van der Waals surface area (Å²) in [5.74, 6) is 0.576. The summed E-state index contributed by atoms with van der Waals surface area (Å²) in [6, 6.07) is 0. The molecule has 0 radical (unpaired) electrons. The van der Waals surface area contributed by atoms with Gasteiger partial charge < -0.3 is 0 Å². The normalized spacial score (nSPS) is 14.9. The van der Waals surface area contributed by atoms with Gasteiger partial charge in [-0.05, 0) is 18.4 Å². The summed E-state index contributed by atoms with van der Waals surface area (Å²) in [5.41, 5.74) is 1.13.